The van der Waals surface area contributed by atoms with E-state index in [4.69, 9.17) is 67.5 Å². The predicted octanol–water partition coefficient (Wildman–Crippen LogP) is 18.2. The van der Waals surface area contributed by atoms with Crippen LogP contribution in [0.15, 0.2) is 159 Å². The molecule has 4 aliphatic heterocycles. The summed E-state index contributed by atoms with van der Waals surface area (Å²) < 4.78 is 7.44. The summed E-state index contributed by atoms with van der Waals surface area (Å²) in [4.78, 5) is 67.5. The van der Waals surface area contributed by atoms with Crippen LogP contribution in [0.4, 0.5) is 93.1 Å². The summed E-state index contributed by atoms with van der Waals surface area (Å²) in [5.41, 5.74) is 9.68. The summed E-state index contributed by atoms with van der Waals surface area (Å²) in [5, 5.41) is 102. The lowest BCUT2D eigenvalue weighted by Crippen LogP contribution is -2.39. The highest BCUT2D eigenvalue weighted by Crippen LogP contribution is 2.35. The Morgan fingerprint density at radius 1 is 0.311 bits per heavy atom. The number of hydrogen-bond acceptors (Lipinski definition) is 38. The molecule has 0 spiro atoms. The van der Waals surface area contributed by atoms with Gasteiger partial charge in [0, 0.05) is 168 Å². The van der Waals surface area contributed by atoms with Crippen molar-refractivity contribution in [3.8, 4) is 24.3 Å². The second kappa shape index (κ2) is 45.7. The van der Waals surface area contributed by atoms with Crippen LogP contribution in [0, 0.1) is 67.0 Å². The molecule has 4 fully saturated rings. The van der Waals surface area contributed by atoms with Crippen molar-refractivity contribution in [1.82, 2.24) is 129 Å². The number of nitrogens with zero attached hydrogens (tertiary/aromatic N) is 34. The predicted molar refractivity (Wildman–Crippen MR) is 573 cm³/mol. The number of imidazole rings is 1. The Hall–Kier alpha value is -16.0. The maximum absolute atomic E-state index is 8.97. The molecule has 760 valence electrons. The molecule has 0 atom stereocenters. The van der Waals surface area contributed by atoms with Crippen molar-refractivity contribution in [1.29, 1.82) is 21.0 Å². The molecule has 148 heavy (non-hydrogen) atoms. The van der Waals surface area contributed by atoms with E-state index in [0.29, 0.717) is 89.8 Å². The van der Waals surface area contributed by atoms with Crippen LogP contribution in [0.5, 0.6) is 0 Å². The Morgan fingerprint density at radius 3 is 0.973 bits per heavy atom. The first-order chi connectivity index (χ1) is 71.0. The van der Waals surface area contributed by atoms with E-state index >= 15 is 0 Å². The van der Waals surface area contributed by atoms with Crippen LogP contribution in [0.2, 0.25) is 20.1 Å². The SMILES string of the molecule is CC(C)(C)Cc1cnc2cc(Nc3ncc(Cl)c(NC4CCN(c5ccc(C#N)nn5)CC4)n3)ccn12.CC(C)(C)Cc1nc2cc(Nc3ncc(Cl)c(NC4CCN(c5ccc(C#N)cn5)CC4)n3)ccn2n1.CC(C)(C)Cc1nc2cc(Nc3ncc(Cl)c(NC4CCN(c5ccc(C#N)nn5)CC4)n3)ccn2n1.CC(C)(C)Cc1nc2ccc(Nc3ncc(Cl)c(NC4CCN(c5ccc(C#N)nn5)CC4)n3)cn2n1. The molecule has 42 nitrogen and oxygen atoms in total. The zero-order chi connectivity index (χ0) is 104. The van der Waals surface area contributed by atoms with Crippen molar-refractivity contribution in [2.45, 2.75) is 184 Å². The first-order valence-electron chi connectivity index (χ1n) is 48.9. The number of fused-ring (bicyclic) bond motifs is 4. The van der Waals surface area contributed by atoms with Crippen LogP contribution in [0.1, 0.15) is 180 Å². The molecule has 0 radical (unpaired) electrons. The first kappa shape index (κ1) is 103. The van der Waals surface area contributed by atoms with Crippen molar-refractivity contribution in [2.75, 3.05) is 114 Å². The highest BCUT2D eigenvalue weighted by atomic mass is 35.5. The molecule has 46 heteroatoms. The van der Waals surface area contributed by atoms with E-state index in [0.717, 1.165) is 215 Å². The van der Waals surface area contributed by atoms with Gasteiger partial charge in [0.25, 0.3) is 0 Å². The highest BCUT2D eigenvalue weighted by Gasteiger charge is 2.30. The Kier molecular flexibility index (Phi) is 31.9. The minimum absolute atomic E-state index is 0.112. The summed E-state index contributed by atoms with van der Waals surface area (Å²) in [6.45, 7) is 32.7. The molecule has 0 aromatic carbocycles. The molecule has 0 amide bonds. The summed E-state index contributed by atoms with van der Waals surface area (Å²) >= 11 is 25.7. The Labute approximate surface area is 875 Å². The summed E-state index contributed by atoms with van der Waals surface area (Å²) in [7, 11) is 0. The van der Waals surface area contributed by atoms with Gasteiger partial charge < -0.3 is 66.5 Å². The van der Waals surface area contributed by atoms with Crippen LogP contribution < -0.4 is 62.1 Å². The first-order valence-corrected chi connectivity index (χ1v) is 50.4. The average Bonchev–Trinajstić information content (AvgIpc) is 1.66. The van der Waals surface area contributed by atoms with E-state index in [-0.39, 0.29) is 45.8 Å². The van der Waals surface area contributed by atoms with Crippen LogP contribution >= 0.6 is 46.4 Å². The molecule has 16 aromatic heterocycles. The van der Waals surface area contributed by atoms with Crippen molar-refractivity contribution >= 4 is 162 Å². The second-order valence-electron chi connectivity index (χ2n) is 41.4. The standard InChI is InChI=1S/2C26H29ClN10.2C25H28ClN11/c1-26(2,3)13-20-15-29-23-12-18(8-11-37(20)23)32-25-30-16-21(27)24(33-25)31-17-6-9-36(10-7-17)22-5-4-19(14-28)34-35-22;1-26(2,3)13-21-33-23-12-19(8-11-37(23)35-21)32-25-30-16-20(27)24(34-25)31-18-6-9-36(10-7-18)22-5-4-17(14-28)15-29-22;1-25(2,3)12-20-31-21-6-5-18(15-37(21)35-20)30-24-28-14-19(26)23(32-24)29-16-8-10-36(11-9-16)22-7-4-17(13-27)33-34-22;1-25(2,3)13-20-31-22-12-17(8-11-37(22)35-20)30-24-28-15-19(26)23(32-24)29-16-6-9-36(10-7-16)21-5-4-18(14-27)33-34-21/h4-5,8,11-12,15-17H,6-7,9-10,13H2,1-3H3,(H2,30,31,32,33);4-5,8,11-12,15-16,18H,6-7,9-10,13H2,1-3H3,(H2,30,31,32,34);4-7,14-16H,8-12H2,1-3H3,(H2,28,29,30,32);4-5,8,11-12,15-16H,6-7,9-10,13H2,1-3H3,(H2,28,29,30,32). The van der Waals surface area contributed by atoms with Gasteiger partial charge >= 0.3 is 0 Å². The second-order valence-corrected chi connectivity index (χ2v) is 43.1. The number of hydrogen-bond donors (Lipinski definition) is 8. The fraction of sp³-hybridized carbons (Fsp3) is 0.392. The largest absolute Gasteiger partial charge is 0.366 e. The number of nitrogens with one attached hydrogen (secondary N) is 8. The van der Waals surface area contributed by atoms with Gasteiger partial charge in [-0.05, 0) is 158 Å². The third kappa shape index (κ3) is 28.2. The molecule has 4 saturated heterocycles. The fourth-order valence-corrected chi connectivity index (χ4v) is 17.7. The van der Waals surface area contributed by atoms with E-state index in [2.05, 4.69) is 266 Å². The lowest BCUT2D eigenvalue weighted by atomic mass is 9.91. The van der Waals surface area contributed by atoms with E-state index in [9.17, 15) is 0 Å². The number of aromatic nitrogens is 26. The topological polar surface area (TPSA) is 506 Å². The normalized spacial score (nSPS) is 14.5. The number of nitriles is 4. The van der Waals surface area contributed by atoms with Crippen molar-refractivity contribution in [3.63, 3.8) is 0 Å². The van der Waals surface area contributed by atoms with E-state index < -0.39 is 0 Å². The third-order valence-electron chi connectivity index (χ3n) is 24.3. The summed E-state index contributed by atoms with van der Waals surface area (Å²) in [6.07, 6.45) is 28.0. The summed E-state index contributed by atoms with van der Waals surface area (Å²) in [5.74, 6) is 9.84. The zero-order valence-corrected chi connectivity index (χ0v) is 87.2. The van der Waals surface area contributed by atoms with Gasteiger partial charge in [0.1, 0.15) is 55.8 Å². The molecule has 0 aliphatic carbocycles. The molecule has 8 N–H and O–H groups in total. The van der Waals surface area contributed by atoms with Gasteiger partial charge in [-0.2, -0.15) is 56.3 Å². The van der Waals surface area contributed by atoms with E-state index in [1.54, 1.807) is 68.8 Å². The molecular weight excluding hydrogens is 1960 g/mol. The van der Waals surface area contributed by atoms with E-state index in [1.807, 2.05) is 122 Å². The zero-order valence-electron chi connectivity index (χ0n) is 84.2. The molecule has 20 heterocycles. The molecule has 20 rings (SSSR count). The van der Waals surface area contributed by atoms with Gasteiger partial charge in [-0.15, -0.1) is 30.6 Å². The number of anilines is 16. The smallest absolute Gasteiger partial charge is 0.229 e. The minimum atomic E-state index is 0.112. The van der Waals surface area contributed by atoms with Gasteiger partial charge in [-0.25, -0.2) is 58.4 Å². The molecule has 4 aliphatic rings. The monoisotopic (exact) mass is 2070 g/mol. The van der Waals surface area contributed by atoms with Gasteiger partial charge in [0.05, 0.1) is 42.2 Å². The molecule has 0 bridgehead atoms. The van der Waals surface area contributed by atoms with Crippen molar-refractivity contribution in [2.24, 2.45) is 21.7 Å². The van der Waals surface area contributed by atoms with Gasteiger partial charge in [-0.3, -0.25) is 0 Å². The van der Waals surface area contributed by atoms with Crippen LogP contribution in [0.3, 0.4) is 0 Å². The Bertz CT molecular complexity index is 6730. The fourth-order valence-electron chi connectivity index (χ4n) is 17.2. The number of piperidine rings is 4. The average molecular weight is 2070 g/mol. The van der Waals surface area contributed by atoms with Gasteiger partial charge in [-0.1, -0.05) is 129 Å². The number of halogens is 4. The van der Waals surface area contributed by atoms with Crippen LogP contribution in [-0.2, 0) is 25.7 Å². The Balaban J connectivity index is 0.000000135. The van der Waals surface area contributed by atoms with Crippen LogP contribution in [0.25, 0.3) is 22.6 Å². The summed E-state index contributed by atoms with van der Waals surface area (Å²) in [6, 6.07) is 38.7. The molecular formula is C102H114Cl4N42. The van der Waals surface area contributed by atoms with Gasteiger partial charge in [0.2, 0.25) is 23.8 Å². The lowest BCUT2D eigenvalue weighted by Gasteiger charge is -2.33. The highest BCUT2D eigenvalue weighted by molar-refractivity contribution is 6.34. The van der Waals surface area contributed by atoms with E-state index in [1.165, 1.54) is 5.69 Å². The van der Waals surface area contributed by atoms with Crippen LogP contribution in [-0.4, -0.2) is 205 Å². The minimum Gasteiger partial charge on any atom is -0.366 e. The maximum atomic E-state index is 8.97. The quantitative estimate of drug-likeness (QED) is 0.0278. The third-order valence-corrected chi connectivity index (χ3v) is 25.4. The van der Waals surface area contributed by atoms with Crippen molar-refractivity contribution < 1.29 is 0 Å². The molecule has 0 saturated carbocycles. The number of pyridine rings is 5. The van der Waals surface area contributed by atoms with Crippen molar-refractivity contribution in [3.05, 3.63) is 225 Å². The molecule has 0 unspecified atom stereocenters. The van der Waals surface area contributed by atoms with Gasteiger partial charge in [0.15, 0.2) is 92.2 Å². The number of rotatable bonds is 24. The molecule has 16 aromatic rings. The Morgan fingerprint density at radius 2 is 0.642 bits per heavy atom. The lowest BCUT2D eigenvalue weighted by molar-refractivity contribution is 0.400. The maximum Gasteiger partial charge on any atom is 0.229 e.